The molecule has 0 aliphatic heterocycles. The van der Waals surface area contributed by atoms with Crippen LogP contribution in [0.15, 0.2) is 43.0 Å². The molecule has 0 aromatic heterocycles. The van der Waals surface area contributed by atoms with Crippen LogP contribution in [0.5, 0.6) is 5.75 Å². The molecule has 1 amide bonds. The molecule has 0 aliphatic carbocycles. The van der Waals surface area contributed by atoms with E-state index < -0.39 is 18.2 Å². The molecule has 3 N–H and O–H groups in total. The summed E-state index contributed by atoms with van der Waals surface area (Å²) >= 11 is 0. The molecule has 7 nitrogen and oxygen atoms in total. The molecule has 0 fully saturated rings. The number of amides is 1. The maximum Gasteiger partial charge on any atom is 0.404 e. The minimum atomic E-state index is -0.843. The van der Waals surface area contributed by atoms with Gasteiger partial charge in [-0.15, -0.1) is 0 Å². The molecule has 0 aliphatic rings. The summed E-state index contributed by atoms with van der Waals surface area (Å²) in [4.78, 5) is 20.3. The van der Waals surface area contributed by atoms with Crippen molar-refractivity contribution in [3.8, 4) is 5.75 Å². The van der Waals surface area contributed by atoms with Crippen LogP contribution in [0.2, 0.25) is 0 Å². The maximum atomic E-state index is 10.7. The predicted octanol–water partition coefficient (Wildman–Crippen LogP) is 1.26. The number of aliphatic hydroxyl groups excluding tert-OH is 1. The van der Waals surface area contributed by atoms with Crippen LogP contribution in [0.4, 0.5) is 4.79 Å². The highest BCUT2D eigenvalue weighted by Crippen LogP contribution is 2.08. The number of carbonyl (C=O) groups excluding carboxylic acids is 2. The quantitative estimate of drug-likeness (QED) is 0.579. The molecule has 0 saturated carbocycles. The van der Waals surface area contributed by atoms with Crippen LogP contribution >= 0.6 is 0 Å². The lowest BCUT2D eigenvalue weighted by molar-refractivity contribution is -0.141. The number of ether oxygens (including phenoxy) is 3. The number of hydrogen-bond acceptors (Lipinski definition) is 6. The van der Waals surface area contributed by atoms with E-state index >= 15 is 0 Å². The van der Waals surface area contributed by atoms with Gasteiger partial charge < -0.3 is 25.1 Å². The Hall–Kier alpha value is -2.54. The number of aliphatic hydroxyl groups is 1. The van der Waals surface area contributed by atoms with E-state index in [0.29, 0.717) is 12.4 Å². The summed E-state index contributed by atoms with van der Waals surface area (Å²) in [5.41, 5.74) is 4.54. The van der Waals surface area contributed by atoms with Crippen molar-refractivity contribution in [1.29, 1.82) is 0 Å². The Bertz CT molecular complexity index is 449. The van der Waals surface area contributed by atoms with Gasteiger partial charge in [-0.25, -0.2) is 9.59 Å². The van der Waals surface area contributed by atoms with Crippen molar-refractivity contribution in [2.45, 2.75) is 13.0 Å². The fourth-order valence-electron chi connectivity index (χ4n) is 1.14. The second-order valence-electron chi connectivity index (χ2n) is 3.86. The highest BCUT2D eigenvalue weighted by atomic mass is 16.6. The van der Waals surface area contributed by atoms with Gasteiger partial charge in [0, 0.05) is 6.08 Å². The molecule has 122 valence electrons. The van der Waals surface area contributed by atoms with E-state index in [9.17, 15) is 14.7 Å². The van der Waals surface area contributed by atoms with Gasteiger partial charge in [0.1, 0.15) is 25.1 Å². The SMILES string of the molecule is C=CC(=O)OCC(O)COc1ccccc1.CCOC(N)=O. The largest absolute Gasteiger partial charge is 0.491 e. The highest BCUT2D eigenvalue weighted by Gasteiger charge is 2.07. The monoisotopic (exact) mass is 311 g/mol. The van der Waals surface area contributed by atoms with Gasteiger partial charge in [0.15, 0.2) is 0 Å². The zero-order valence-corrected chi connectivity index (χ0v) is 12.4. The van der Waals surface area contributed by atoms with E-state index in [1.165, 1.54) is 0 Å². The minimum absolute atomic E-state index is 0.0778. The summed E-state index contributed by atoms with van der Waals surface area (Å²) in [7, 11) is 0. The lowest BCUT2D eigenvalue weighted by Gasteiger charge is -2.11. The first-order chi connectivity index (χ1) is 10.5. The summed E-state index contributed by atoms with van der Waals surface area (Å²) in [5.74, 6) is 0.107. The molecule has 1 aromatic rings. The van der Waals surface area contributed by atoms with Crippen LogP contribution in [0.3, 0.4) is 0 Å². The van der Waals surface area contributed by atoms with Crippen LogP contribution in [0.25, 0.3) is 0 Å². The van der Waals surface area contributed by atoms with Gasteiger partial charge in [-0.2, -0.15) is 0 Å². The topological polar surface area (TPSA) is 108 Å². The zero-order valence-electron chi connectivity index (χ0n) is 12.4. The molecule has 0 bridgehead atoms. The number of rotatable bonds is 7. The van der Waals surface area contributed by atoms with Crippen molar-refractivity contribution in [2.24, 2.45) is 5.73 Å². The van der Waals surface area contributed by atoms with E-state index in [1.54, 1.807) is 19.1 Å². The molecule has 0 radical (unpaired) electrons. The Morgan fingerprint density at radius 2 is 1.91 bits per heavy atom. The third kappa shape index (κ3) is 11.3. The number of esters is 1. The normalized spacial score (nSPS) is 10.5. The third-order valence-electron chi connectivity index (χ3n) is 2.06. The fourth-order valence-corrected chi connectivity index (χ4v) is 1.14. The van der Waals surface area contributed by atoms with Crippen molar-refractivity contribution < 1.29 is 28.9 Å². The molecular formula is C15H21NO6. The fraction of sp³-hybridized carbons (Fsp3) is 0.333. The molecule has 1 atom stereocenters. The van der Waals surface area contributed by atoms with E-state index in [0.717, 1.165) is 6.08 Å². The van der Waals surface area contributed by atoms with Gasteiger partial charge in [0.25, 0.3) is 0 Å². The number of nitrogens with two attached hydrogens (primary N) is 1. The first-order valence-electron chi connectivity index (χ1n) is 6.56. The molecule has 0 heterocycles. The first kappa shape index (κ1) is 19.5. The summed E-state index contributed by atoms with van der Waals surface area (Å²) in [6.07, 6.45) is -0.508. The van der Waals surface area contributed by atoms with Gasteiger partial charge in [-0.05, 0) is 19.1 Å². The second-order valence-corrected chi connectivity index (χ2v) is 3.86. The molecule has 0 spiro atoms. The van der Waals surface area contributed by atoms with Crippen molar-refractivity contribution in [2.75, 3.05) is 19.8 Å². The van der Waals surface area contributed by atoms with Crippen LogP contribution in [-0.4, -0.2) is 43.1 Å². The zero-order chi connectivity index (χ0) is 16.8. The predicted molar refractivity (Wildman–Crippen MR) is 80.3 cm³/mol. The molecule has 1 rings (SSSR count). The molecule has 1 unspecified atom stereocenters. The standard InChI is InChI=1S/C12H14O4.C3H7NO2/c1-2-12(14)16-9-10(13)8-15-11-6-4-3-5-7-11;1-2-6-3(4)5/h2-7,10,13H,1,8-9H2;2H2,1H3,(H2,4,5). The van der Waals surface area contributed by atoms with Gasteiger partial charge >= 0.3 is 12.1 Å². The Morgan fingerprint density at radius 1 is 1.27 bits per heavy atom. The average molecular weight is 311 g/mol. The lowest BCUT2D eigenvalue weighted by atomic mass is 10.3. The van der Waals surface area contributed by atoms with Gasteiger partial charge in [0.05, 0.1) is 6.61 Å². The molecule has 1 aromatic carbocycles. The summed E-state index contributed by atoms with van der Waals surface area (Å²) < 4.78 is 14.1. The van der Waals surface area contributed by atoms with E-state index in [-0.39, 0.29) is 13.2 Å². The van der Waals surface area contributed by atoms with E-state index in [1.807, 2.05) is 18.2 Å². The van der Waals surface area contributed by atoms with Crippen LogP contribution < -0.4 is 10.5 Å². The Balaban J connectivity index is 0.000000626. The molecular weight excluding hydrogens is 290 g/mol. The Morgan fingerprint density at radius 3 is 2.36 bits per heavy atom. The van der Waals surface area contributed by atoms with Crippen molar-refractivity contribution >= 4 is 12.1 Å². The van der Waals surface area contributed by atoms with E-state index in [4.69, 9.17) is 4.74 Å². The Labute approximate surface area is 129 Å². The summed E-state index contributed by atoms with van der Waals surface area (Å²) in [5, 5.41) is 9.42. The maximum absolute atomic E-state index is 10.7. The van der Waals surface area contributed by atoms with Crippen molar-refractivity contribution in [1.82, 2.24) is 0 Å². The number of carbonyl (C=O) groups is 2. The number of benzene rings is 1. The minimum Gasteiger partial charge on any atom is -0.491 e. The van der Waals surface area contributed by atoms with Gasteiger partial charge in [0.2, 0.25) is 0 Å². The van der Waals surface area contributed by atoms with Gasteiger partial charge in [-0.3, -0.25) is 0 Å². The number of primary amides is 1. The van der Waals surface area contributed by atoms with E-state index in [2.05, 4.69) is 21.8 Å². The summed E-state index contributed by atoms with van der Waals surface area (Å²) in [6, 6.07) is 9.10. The third-order valence-corrected chi connectivity index (χ3v) is 2.06. The van der Waals surface area contributed by atoms with Crippen LogP contribution in [-0.2, 0) is 14.3 Å². The van der Waals surface area contributed by atoms with Crippen LogP contribution in [0.1, 0.15) is 6.92 Å². The number of hydrogen-bond donors (Lipinski definition) is 2. The first-order valence-corrected chi connectivity index (χ1v) is 6.56. The Kier molecular flexibility index (Phi) is 10.8. The van der Waals surface area contributed by atoms with Gasteiger partial charge in [-0.1, -0.05) is 24.8 Å². The second kappa shape index (κ2) is 12.2. The van der Waals surface area contributed by atoms with Crippen molar-refractivity contribution in [3.05, 3.63) is 43.0 Å². The van der Waals surface area contributed by atoms with Crippen molar-refractivity contribution in [3.63, 3.8) is 0 Å². The van der Waals surface area contributed by atoms with Crippen LogP contribution in [0, 0.1) is 0 Å². The highest BCUT2D eigenvalue weighted by molar-refractivity contribution is 5.81. The number of para-hydroxylation sites is 1. The summed E-state index contributed by atoms with van der Waals surface area (Å²) in [6.45, 7) is 5.28. The molecule has 0 saturated heterocycles. The lowest BCUT2D eigenvalue weighted by Crippen LogP contribution is -2.24. The molecule has 22 heavy (non-hydrogen) atoms. The smallest absolute Gasteiger partial charge is 0.404 e. The molecule has 7 heteroatoms. The average Bonchev–Trinajstić information content (AvgIpc) is 2.52.